The number of carbonyl (C=O) groups excluding carboxylic acids is 2. The molecule has 1 fully saturated rings. The van der Waals surface area contributed by atoms with Crippen molar-refractivity contribution in [2.24, 2.45) is 0 Å². The zero-order valence-electron chi connectivity index (χ0n) is 16.6. The van der Waals surface area contributed by atoms with Crippen molar-refractivity contribution in [2.75, 3.05) is 0 Å². The molecule has 2 aromatic carbocycles. The molecule has 1 heterocycles. The maximum absolute atomic E-state index is 12.5. The van der Waals surface area contributed by atoms with Crippen molar-refractivity contribution in [3.05, 3.63) is 72.1 Å². The quantitative estimate of drug-likeness (QED) is 0.569. The van der Waals surface area contributed by atoms with E-state index in [1.165, 1.54) is 11.8 Å². The van der Waals surface area contributed by atoms with Gasteiger partial charge in [0.1, 0.15) is 5.82 Å². The number of para-hydroxylation sites is 1. The van der Waals surface area contributed by atoms with Crippen molar-refractivity contribution < 1.29 is 9.59 Å². The first-order chi connectivity index (χ1) is 14.6. The summed E-state index contributed by atoms with van der Waals surface area (Å²) in [7, 11) is 0. The molecule has 3 amide bonds. The van der Waals surface area contributed by atoms with Gasteiger partial charge in [0.2, 0.25) is 5.91 Å². The Hall–Kier alpha value is -3.13. The SMILES string of the molecule is C[C@@H](Sc1nnc(C2CC2)n1-c1ccccc1)C(=O)NC(=O)NCc1ccccc1. The van der Waals surface area contributed by atoms with Gasteiger partial charge in [-0.3, -0.25) is 14.7 Å². The number of imide groups is 1. The molecule has 1 saturated carbocycles. The Bertz CT molecular complexity index is 1020. The van der Waals surface area contributed by atoms with Crippen LogP contribution in [0.5, 0.6) is 0 Å². The molecule has 154 valence electrons. The van der Waals surface area contributed by atoms with Crippen LogP contribution in [0.3, 0.4) is 0 Å². The van der Waals surface area contributed by atoms with Crippen molar-refractivity contribution in [1.82, 2.24) is 25.4 Å². The fraction of sp³-hybridized carbons (Fsp3) is 0.273. The highest BCUT2D eigenvalue weighted by atomic mass is 32.2. The number of aromatic nitrogens is 3. The van der Waals surface area contributed by atoms with Gasteiger partial charge in [-0.25, -0.2) is 4.79 Å². The molecule has 1 aliphatic rings. The largest absolute Gasteiger partial charge is 0.334 e. The van der Waals surface area contributed by atoms with Crippen LogP contribution in [-0.4, -0.2) is 32.0 Å². The second kappa shape index (κ2) is 9.13. The maximum Gasteiger partial charge on any atom is 0.321 e. The smallest absolute Gasteiger partial charge is 0.321 e. The van der Waals surface area contributed by atoms with Crippen LogP contribution in [0.15, 0.2) is 65.8 Å². The predicted molar refractivity (Wildman–Crippen MR) is 115 cm³/mol. The molecule has 0 spiro atoms. The van der Waals surface area contributed by atoms with Crippen LogP contribution in [0, 0.1) is 0 Å². The van der Waals surface area contributed by atoms with Crippen LogP contribution < -0.4 is 10.6 Å². The number of nitrogens with one attached hydrogen (secondary N) is 2. The minimum absolute atomic E-state index is 0.356. The molecule has 0 bridgehead atoms. The maximum atomic E-state index is 12.5. The van der Waals surface area contributed by atoms with Gasteiger partial charge in [-0.2, -0.15) is 0 Å². The van der Waals surface area contributed by atoms with Gasteiger partial charge in [0.25, 0.3) is 0 Å². The molecular weight excluding hydrogens is 398 g/mol. The third kappa shape index (κ3) is 4.88. The summed E-state index contributed by atoms with van der Waals surface area (Å²) in [6.45, 7) is 2.11. The van der Waals surface area contributed by atoms with Crippen molar-refractivity contribution in [3.63, 3.8) is 0 Å². The molecular formula is C22H23N5O2S. The van der Waals surface area contributed by atoms with E-state index < -0.39 is 11.3 Å². The minimum Gasteiger partial charge on any atom is -0.334 e. The van der Waals surface area contributed by atoms with E-state index in [1.54, 1.807) is 6.92 Å². The van der Waals surface area contributed by atoms with Gasteiger partial charge in [-0.15, -0.1) is 10.2 Å². The van der Waals surface area contributed by atoms with Gasteiger partial charge < -0.3 is 5.32 Å². The molecule has 3 aromatic rings. The predicted octanol–water partition coefficient (Wildman–Crippen LogP) is 3.65. The second-order valence-electron chi connectivity index (χ2n) is 7.20. The lowest BCUT2D eigenvalue weighted by atomic mass is 10.2. The topological polar surface area (TPSA) is 88.9 Å². The molecule has 30 heavy (non-hydrogen) atoms. The van der Waals surface area contributed by atoms with Crippen LogP contribution in [-0.2, 0) is 11.3 Å². The molecule has 0 aliphatic heterocycles. The Kier molecular flexibility index (Phi) is 6.13. The monoisotopic (exact) mass is 421 g/mol. The summed E-state index contributed by atoms with van der Waals surface area (Å²) < 4.78 is 2.02. The van der Waals surface area contributed by atoms with E-state index in [4.69, 9.17) is 0 Å². The summed E-state index contributed by atoms with van der Waals surface area (Å²) in [5, 5.41) is 13.9. The van der Waals surface area contributed by atoms with Gasteiger partial charge in [-0.1, -0.05) is 60.3 Å². The van der Waals surface area contributed by atoms with Crippen molar-refractivity contribution in [1.29, 1.82) is 0 Å². The third-order valence-electron chi connectivity index (χ3n) is 4.80. The molecule has 0 radical (unpaired) electrons. The highest BCUT2D eigenvalue weighted by Crippen LogP contribution is 2.41. The van der Waals surface area contributed by atoms with E-state index in [9.17, 15) is 9.59 Å². The van der Waals surface area contributed by atoms with E-state index in [-0.39, 0.29) is 5.91 Å². The van der Waals surface area contributed by atoms with Gasteiger partial charge >= 0.3 is 6.03 Å². The van der Waals surface area contributed by atoms with Crippen LogP contribution >= 0.6 is 11.8 Å². The first-order valence-electron chi connectivity index (χ1n) is 9.92. The normalized spacial score (nSPS) is 14.2. The lowest BCUT2D eigenvalue weighted by Crippen LogP contribution is -2.42. The lowest BCUT2D eigenvalue weighted by molar-refractivity contribution is -0.119. The van der Waals surface area contributed by atoms with Crippen LogP contribution in [0.25, 0.3) is 5.69 Å². The summed E-state index contributed by atoms with van der Waals surface area (Å²) in [6, 6.07) is 18.9. The molecule has 4 rings (SSSR count). The number of thioether (sulfide) groups is 1. The number of amides is 3. The molecule has 8 heteroatoms. The molecule has 1 aromatic heterocycles. The van der Waals surface area contributed by atoms with E-state index in [0.29, 0.717) is 17.6 Å². The van der Waals surface area contributed by atoms with E-state index >= 15 is 0 Å². The molecule has 2 N–H and O–H groups in total. The van der Waals surface area contributed by atoms with Gasteiger partial charge in [0.15, 0.2) is 5.16 Å². The summed E-state index contributed by atoms with van der Waals surface area (Å²) in [5.41, 5.74) is 1.94. The molecule has 0 saturated heterocycles. The van der Waals surface area contributed by atoms with E-state index in [2.05, 4.69) is 20.8 Å². The number of carbonyl (C=O) groups is 2. The first-order valence-corrected chi connectivity index (χ1v) is 10.8. The zero-order valence-corrected chi connectivity index (χ0v) is 17.4. The van der Waals surface area contributed by atoms with Gasteiger partial charge in [-0.05, 0) is 37.5 Å². The van der Waals surface area contributed by atoms with Gasteiger partial charge in [0.05, 0.1) is 5.25 Å². The highest BCUT2D eigenvalue weighted by Gasteiger charge is 2.32. The average Bonchev–Trinajstić information content (AvgIpc) is 3.54. The number of nitrogens with zero attached hydrogens (tertiary/aromatic N) is 3. The van der Waals surface area contributed by atoms with Gasteiger partial charge in [0, 0.05) is 18.2 Å². The number of hydrogen-bond acceptors (Lipinski definition) is 5. The first kappa shape index (κ1) is 20.2. The highest BCUT2D eigenvalue weighted by molar-refractivity contribution is 8.00. The summed E-state index contributed by atoms with van der Waals surface area (Å²) in [4.78, 5) is 24.6. The van der Waals surface area contributed by atoms with Crippen LogP contribution in [0.2, 0.25) is 0 Å². The number of urea groups is 1. The number of hydrogen-bond donors (Lipinski definition) is 2. The molecule has 0 unspecified atom stereocenters. The Labute approximate surface area is 179 Å². The van der Waals surface area contributed by atoms with Crippen LogP contribution in [0.4, 0.5) is 4.79 Å². The Morgan fingerprint density at radius 3 is 2.40 bits per heavy atom. The van der Waals surface area contributed by atoms with Crippen molar-refractivity contribution in [2.45, 2.75) is 42.6 Å². The minimum atomic E-state index is -0.514. The zero-order chi connectivity index (χ0) is 20.9. The third-order valence-corrected chi connectivity index (χ3v) is 5.84. The number of rotatable bonds is 7. The lowest BCUT2D eigenvalue weighted by Gasteiger charge is -2.13. The van der Waals surface area contributed by atoms with Crippen molar-refractivity contribution in [3.8, 4) is 5.69 Å². The molecule has 1 aliphatic carbocycles. The Morgan fingerprint density at radius 1 is 1.07 bits per heavy atom. The van der Waals surface area contributed by atoms with E-state index in [0.717, 1.165) is 29.9 Å². The van der Waals surface area contributed by atoms with Crippen LogP contribution in [0.1, 0.15) is 37.1 Å². The Morgan fingerprint density at radius 2 is 1.73 bits per heavy atom. The fourth-order valence-corrected chi connectivity index (χ4v) is 3.91. The molecule has 7 nitrogen and oxygen atoms in total. The standard InChI is InChI=1S/C22H23N5O2S/c1-15(20(28)24-21(29)23-14-16-8-4-2-5-9-16)30-22-26-25-19(17-12-13-17)27(22)18-10-6-3-7-11-18/h2-11,15,17H,12-14H2,1H3,(H2,23,24,28,29)/t15-/m1/s1. The second-order valence-corrected chi connectivity index (χ2v) is 8.51. The summed E-state index contributed by atoms with van der Waals surface area (Å²) >= 11 is 1.29. The summed E-state index contributed by atoms with van der Waals surface area (Å²) in [6.07, 6.45) is 2.21. The summed E-state index contributed by atoms with van der Waals surface area (Å²) in [5.74, 6) is 0.970. The Balaban J connectivity index is 1.39. The fourth-order valence-electron chi connectivity index (χ4n) is 3.03. The molecule has 1 atom stereocenters. The van der Waals surface area contributed by atoms with E-state index in [1.807, 2.05) is 65.2 Å². The van der Waals surface area contributed by atoms with Crippen molar-refractivity contribution >= 4 is 23.7 Å². The average molecular weight is 422 g/mol. The number of benzene rings is 2.